The topological polar surface area (TPSA) is 112 Å². The van der Waals surface area contributed by atoms with Gasteiger partial charge in [0.25, 0.3) is 5.91 Å². The maximum absolute atomic E-state index is 13.3. The van der Waals surface area contributed by atoms with Crippen LogP contribution >= 0.6 is 0 Å². The maximum atomic E-state index is 13.3. The second-order valence-corrected chi connectivity index (χ2v) is 9.06. The molecule has 2 aliphatic heterocycles. The van der Waals surface area contributed by atoms with Gasteiger partial charge in [-0.05, 0) is 51.2 Å². The van der Waals surface area contributed by atoms with Crippen LogP contribution in [0.25, 0.3) is 0 Å². The summed E-state index contributed by atoms with van der Waals surface area (Å²) in [4.78, 5) is 31.1. The minimum atomic E-state index is 0.0369. The Balaban J connectivity index is 1.36. The fraction of sp³-hybridized carbons (Fsp3) is 0.458. The summed E-state index contributed by atoms with van der Waals surface area (Å²) >= 11 is 0. The molecule has 0 aromatic carbocycles. The van der Waals surface area contributed by atoms with E-state index in [9.17, 15) is 4.79 Å². The number of aromatic nitrogens is 5. The summed E-state index contributed by atoms with van der Waals surface area (Å²) < 4.78 is 5.44. The molecule has 2 fully saturated rings. The number of aromatic amines is 1. The van der Waals surface area contributed by atoms with Gasteiger partial charge < -0.3 is 19.9 Å². The van der Waals surface area contributed by atoms with E-state index in [2.05, 4.69) is 35.3 Å². The van der Waals surface area contributed by atoms with E-state index in [0.29, 0.717) is 29.2 Å². The van der Waals surface area contributed by atoms with Gasteiger partial charge in [0.1, 0.15) is 11.5 Å². The van der Waals surface area contributed by atoms with Crippen molar-refractivity contribution in [3.8, 4) is 5.88 Å². The van der Waals surface area contributed by atoms with Gasteiger partial charge in [-0.3, -0.25) is 14.9 Å². The summed E-state index contributed by atoms with van der Waals surface area (Å²) in [7, 11) is 3.62. The lowest BCUT2D eigenvalue weighted by Gasteiger charge is -2.50. The molecule has 34 heavy (non-hydrogen) atoms. The zero-order chi connectivity index (χ0) is 23.7. The summed E-state index contributed by atoms with van der Waals surface area (Å²) in [5.41, 5.74) is 1.48. The average molecular weight is 463 g/mol. The van der Waals surface area contributed by atoms with Gasteiger partial charge in [-0.15, -0.1) is 0 Å². The molecule has 5 heterocycles. The summed E-state index contributed by atoms with van der Waals surface area (Å²) in [6.45, 7) is 1.94. The van der Waals surface area contributed by atoms with Crippen LogP contribution in [0.3, 0.4) is 0 Å². The Morgan fingerprint density at radius 2 is 1.97 bits per heavy atom. The monoisotopic (exact) mass is 462 g/mol. The largest absolute Gasteiger partial charge is 0.481 e. The summed E-state index contributed by atoms with van der Waals surface area (Å²) in [5, 5.41) is 10.4. The molecule has 3 aromatic heterocycles. The minimum Gasteiger partial charge on any atom is -0.481 e. The molecule has 10 nitrogen and oxygen atoms in total. The first-order valence-corrected chi connectivity index (χ1v) is 11.7. The number of fused-ring (bicyclic) bond motifs is 2. The summed E-state index contributed by atoms with van der Waals surface area (Å²) in [6, 6.07) is 9.76. The Kier molecular flexibility index (Phi) is 6.04. The van der Waals surface area contributed by atoms with Crippen LogP contribution in [0.1, 0.15) is 48.3 Å². The lowest BCUT2D eigenvalue weighted by atomic mass is 9.81. The Morgan fingerprint density at radius 1 is 1.18 bits per heavy atom. The van der Waals surface area contributed by atoms with Crippen molar-refractivity contribution < 1.29 is 9.53 Å². The summed E-state index contributed by atoms with van der Waals surface area (Å²) in [5.74, 6) is 2.40. The third-order valence-corrected chi connectivity index (χ3v) is 6.79. The number of H-pyrrole nitrogens is 1. The number of aryl methyl sites for hydroxylation is 1. The number of pyridine rings is 1. The number of nitrogens with one attached hydrogen (secondary N) is 2. The van der Waals surface area contributed by atoms with Gasteiger partial charge in [0.2, 0.25) is 11.8 Å². The van der Waals surface area contributed by atoms with E-state index in [1.54, 1.807) is 25.4 Å². The Bertz CT molecular complexity index is 1140. The predicted octanol–water partition coefficient (Wildman–Crippen LogP) is 3.32. The molecule has 0 saturated carbocycles. The highest BCUT2D eigenvalue weighted by Crippen LogP contribution is 2.37. The number of methoxy groups -OCH3 is 1. The van der Waals surface area contributed by atoms with Crippen molar-refractivity contribution in [2.75, 3.05) is 24.4 Å². The van der Waals surface area contributed by atoms with E-state index in [1.165, 1.54) is 0 Å². The van der Waals surface area contributed by atoms with E-state index in [4.69, 9.17) is 9.72 Å². The molecule has 1 unspecified atom stereocenters. The van der Waals surface area contributed by atoms with E-state index in [0.717, 1.165) is 37.8 Å². The molecule has 0 aliphatic carbocycles. The number of hydrogen-bond acceptors (Lipinski definition) is 8. The summed E-state index contributed by atoms with van der Waals surface area (Å²) in [6.07, 6.45) is 6.57. The number of piperidine rings is 2. The van der Waals surface area contributed by atoms with Crippen LogP contribution in [-0.4, -0.2) is 68.2 Å². The zero-order valence-corrected chi connectivity index (χ0v) is 19.7. The highest BCUT2D eigenvalue weighted by atomic mass is 16.5. The molecule has 178 valence electrons. The quantitative estimate of drug-likeness (QED) is 0.574. The molecule has 0 radical (unpaired) electrons. The molecule has 0 spiro atoms. The fourth-order valence-electron chi connectivity index (χ4n) is 5.14. The van der Waals surface area contributed by atoms with Crippen molar-refractivity contribution in [2.24, 2.45) is 0 Å². The van der Waals surface area contributed by atoms with Crippen LogP contribution in [0.2, 0.25) is 0 Å². The molecule has 2 saturated heterocycles. The third-order valence-electron chi connectivity index (χ3n) is 6.79. The van der Waals surface area contributed by atoms with Crippen molar-refractivity contribution in [2.45, 2.75) is 57.2 Å². The highest BCUT2D eigenvalue weighted by molar-refractivity contribution is 5.92. The fourth-order valence-corrected chi connectivity index (χ4v) is 5.14. The number of ether oxygens (including phenoxy) is 1. The van der Waals surface area contributed by atoms with Crippen molar-refractivity contribution in [3.05, 3.63) is 47.9 Å². The second kappa shape index (κ2) is 9.28. The van der Waals surface area contributed by atoms with Crippen LogP contribution in [0, 0.1) is 6.92 Å². The van der Waals surface area contributed by atoms with Gasteiger partial charge in [0.05, 0.1) is 7.11 Å². The van der Waals surface area contributed by atoms with Gasteiger partial charge >= 0.3 is 0 Å². The highest BCUT2D eigenvalue weighted by Gasteiger charge is 2.43. The van der Waals surface area contributed by atoms with Gasteiger partial charge in [-0.25, -0.2) is 0 Å². The van der Waals surface area contributed by atoms with Crippen molar-refractivity contribution in [1.82, 2.24) is 30.0 Å². The van der Waals surface area contributed by atoms with Crippen molar-refractivity contribution in [1.29, 1.82) is 0 Å². The number of carbonyl (C=O) groups is 1. The van der Waals surface area contributed by atoms with Crippen molar-refractivity contribution in [3.63, 3.8) is 0 Å². The third kappa shape index (κ3) is 4.40. The maximum Gasteiger partial charge on any atom is 0.272 e. The molecular formula is C24H30N8O2. The van der Waals surface area contributed by atoms with E-state index >= 15 is 0 Å². The number of hydrogen-bond donors (Lipinski definition) is 2. The lowest BCUT2D eigenvalue weighted by Crippen LogP contribution is -2.58. The molecule has 5 rings (SSSR count). The van der Waals surface area contributed by atoms with Gasteiger partial charge in [0, 0.05) is 49.2 Å². The number of nitrogens with zero attached hydrogens (tertiary/aromatic N) is 6. The molecule has 2 bridgehead atoms. The number of carbonyl (C=O) groups excluding carboxylic acids is 1. The van der Waals surface area contributed by atoms with Gasteiger partial charge in [-0.1, -0.05) is 6.07 Å². The molecule has 3 aromatic rings. The standard InChI is InChI=1S/C24H30N8O2/c1-15-11-21(30-29-15)26-20-14-22(34-3)28-24(27-20)31(2)18-12-16-7-6-8-17(13-18)32(16)23(33)19-9-4-5-10-25-19/h4-5,9-11,14,16-18H,6-8,12-13H2,1-3H3,(H2,26,27,28,29,30)/t16-,17+,18?. The van der Waals surface area contributed by atoms with Crippen LogP contribution < -0.4 is 15.0 Å². The number of rotatable bonds is 6. The minimum absolute atomic E-state index is 0.0369. The molecule has 10 heteroatoms. The number of anilines is 3. The predicted molar refractivity (Wildman–Crippen MR) is 128 cm³/mol. The smallest absolute Gasteiger partial charge is 0.272 e. The first-order chi connectivity index (χ1) is 16.5. The number of amides is 1. The Hall–Kier alpha value is -3.69. The normalized spacial score (nSPS) is 21.7. The Labute approximate surface area is 198 Å². The average Bonchev–Trinajstić information content (AvgIpc) is 3.26. The molecule has 2 N–H and O–H groups in total. The van der Waals surface area contributed by atoms with Gasteiger partial charge in [0.15, 0.2) is 5.82 Å². The van der Waals surface area contributed by atoms with E-state index in [-0.39, 0.29) is 24.0 Å². The zero-order valence-electron chi connectivity index (χ0n) is 19.7. The Morgan fingerprint density at radius 3 is 2.62 bits per heavy atom. The van der Waals surface area contributed by atoms with Crippen LogP contribution in [0.15, 0.2) is 36.5 Å². The van der Waals surface area contributed by atoms with Crippen LogP contribution in [0.4, 0.5) is 17.6 Å². The molecule has 2 aliphatic rings. The first kappa shape index (κ1) is 22.1. The SMILES string of the molecule is COc1cc(Nc2cc(C)[nH]n2)nc(N(C)C2C[C@H]3CCC[C@@H](C2)N3C(=O)c2ccccn2)n1. The molecule has 1 amide bonds. The van der Waals surface area contributed by atoms with Crippen LogP contribution in [-0.2, 0) is 0 Å². The van der Waals surface area contributed by atoms with E-state index < -0.39 is 0 Å². The first-order valence-electron chi connectivity index (χ1n) is 11.7. The lowest BCUT2D eigenvalue weighted by molar-refractivity contribution is 0.0232. The van der Waals surface area contributed by atoms with E-state index in [1.807, 2.05) is 32.2 Å². The second-order valence-electron chi connectivity index (χ2n) is 9.06. The molecule has 3 atom stereocenters. The van der Waals surface area contributed by atoms with Crippen LogP contribution in [0.5, 0.6) is 5.88 Å². The molecular weight excluding hydrogens is 432 g/mol. The van der Waals surface area contributed by atoms with Gasteiger partial charge in [-0.2, -0.15) is 15.1 Å². The van der Waals surface area contributed by atoms with Crippen molar-refractivity contribution >= 4 is 23.5 Å².